The van der Waals surface area contributed by atoms with Crippen LogP contribution in [-0.4, -0.2) is 19.1 Å². The normalized spacial score (nSPS) is 18.4. The molecule has 2 N–H and O–H groups in total. The molecule has 2 nitrogen and oxygen atoms in total. The van der Waals surface area contributed by atoms with Crippen molar-refractivity contribution in [3.8, 4) is 0 Å². The second-order valence-electron chi connectivity index (χ2n) is 5.86. The smallest absolute Gasteiger partial charge is 0.0459 e. The molecule has 0 aliphatic carbocycles. The molecule has 0 radical (unpaired) electrons. The van der Waals surface area contributed by atoms with Crippen LogP contribution in [-0.2, 0) is 6.42 Å². The first-order chi connectivity index (χ1) is 9.72. The van der Waals surface area contributed by atoms with Gasteiger partial charge in [0.15, 0.2) is 0 Å². The minimum absolute atomic E-state index is 0.198. The fourth-order valence-electron chi connectivity index (χ4n) is 2.94. The zero-order valence-electron chi connectivity index (χ0n) is 12.6. The summed E-state index contributed by atoms with van der Waals surface area (Å²) in [6.45, 7) is 4.43. The van der Waals surface area contributed by atoms with Crippen LogP contribution in [0.25, 0.3) is 0 Å². The Labute approximate surface area is 128 Å². The van der Waals surface area contributed by atoms with Crippen molar-refractivity contribution in [3.63, 3.8) is 0 Å². The lowest BCUT2D eigenvalue weighted by atomic mass is 10.0. The number of benzene rings is 1. The van der Waals surface area contributed by atoms with E-state index in [0.717, 1.165) is 31.0 Å². The van der Waals surface area contributed by atoms with Gasteiger partial charge in [0.2, 0.25) is 0 Å². The molecular formula is C17H27ClN2. The second kappa shape index (κ2) is 7.90. The molecule has 1 fully saturated rings. The number of rotatable bonds is 4. The van der Waals surface area contributed by atoms with Gasteiger partial charge in [-0.2, -0.15) is 0 Å². The van der Waals surface area contributed by atoms with Crippen molar-refractivity contribution in [3.05, 3.63) is 28.8 Å². The Kier molecular flexibility index (Phi) is 6.18. The van der Waals surface area contributed by atoms with Gasteiger partial charge in [-0.3, -0.25) is 0 Å². The van der Waals surface area contributed by atoms with Gasteiger partial charge in [-0.05, 0) is 43.4 Å². The number of hydrogen-bond acceptors (Lipinski definition) is 2. The van der Waals surface area contributed by atoms with Gasteiger partial charge in [-0.25, -0.2) is 0 Å². The molecule has 1 aliphatic rings. The molecule has 2 rings (SSSR count). The van der Waals surface area contributed by atoms with Crippen LogP contribution in [0.15, 0.2) is 18.2 Å². The summed E-state index contributed by atoms with van der Waals surface area (Å²) in [6, 6.07) is 6.47. The van der Waals surface area contributed by atoms with E-state index in [1.54, 1.807) is 0 Å². The maximum atomic E-state index is 6.44. The summed E-state index contributed by atoms with van der Waals surface area (Å²) < 4.78 is 0. The van der Waals surface area contributed by atoms with Gasteiger partial charge in [0, 0.05) is 29.8 Å². The van der Waals surface area contributed by atoms with Crippen molar-refractivity contribution in [2.75, 3.05) is 18.0 Å². The molecule has 20 heavy (non-hydrogen) atoms. The standard InChI is InChI=1S/C17H27ClN2/c1-2-14(19)13-15-16(18)9-8-10-17(15)20-11-6-4-3-5-7-12-20/h8-10,14H,2-7,11-13,19H2,1H3. The van der Waals surface area contributed by atoms with Crippen molar-refractivity contribution in [1.82, 2.24) is 0 Å². The zero-order chi connectivity index (χ0) is 14.4. The first-order valence-corrected chi connectivity index (χ1v) is 8.38. The summed E-state index contributed by atoms with van der Waals surface area (Å²) in [5.41, 5.74) is 8.70. The Balaban J connectivity index is 2.22. The Morgan fingerprint density at radius 1 is 1.15 bits per heavy atom. The minimum atomic E-state index is 0.198. The number of halogens is 1. The lowest BCUT2D eigenvalue weighted by Crippen LogP contribution is -2.29. The van der Waals surface area contributed by atoms with Gasteiger partial charge < -0.3 is 10.6 Å². The molecule has 0 spiro atoms. The highest BCUT2D eigenvalue weighted by atomic mass is 35.5. The molecule has 1 saturated heterocycles. The number of nitrogens with two attached hydrogens (primary N) is 1. The molecule has 1 unspecified atom stereocenters. The fraction of sp³-hybridized carbons (Fsp3) is 0.647. The van der Waals surface area contributed by atoms with Gasteiger partial charge in [0.25, 0.3) is 0 Å². The molecule has 0 aromatic heterocycles. The second-order valence-corrected chi connectivity index (χ2v) is 6.27. The highest BCUT2D eigenvalue weighted by molar-refractivity contribution is 6.31. The lowest BCUT2D eigenvalue weighted by Gasteiger charge is -2.30. The van der Waals surface area contributed by atoms with Crippen molar-refractivity contribution in [2.45, 2.75) is 57.9 Å². The van der Waals surface area contributed by atoms with Gasteiger partial charge in [-0.15, -0.1) is 0 Å². The average molecular weight is 295 g/mol. The summed E-state index contributed by atoms with van der Waals surface area (Å²) in [5, 5.41) is 0.869. The first-order valence-electron chi connectivity index (χ1n) is 8.00. The van der Waals surface area contributed by atoms with E-state index in [9.17, 15) is 0 Å². The summed E-state index contributed by atoms with van der Waals surface area (Å²) in [6.07, 6.45) is 8.52. The molecule has 1 atom stereocenters. The number of anilines is 1. The third-order valence-electron chi connectivity index (χ3n) is 4.28. The van der Waals surface area contributed by atoms with Crippen LogP contribution in [0.4, 0.5) is 5.69 Å². The third-order valence-corrected chi connectivity index (χ3v) is 4.64. The van der Waals surface area contributed by atoms with Crippen LogP contribution in [0.2, 0.25) is 5.02 Å². The van der Waals surface area contributed by atoms with Crippen LogP contribution in [0.3, 0.4) is 0 Å². The first kappa shape index (κ1) is 15.7. The molecule has 112 valence electrons. The monoisotopic (exact) mass is 294 g/mol. The van der Waals surface area contributed by atoms with Crippen molar-refractivity contribution >= 4 is 17.3 Å². The van der Waals surface area contributed by atoms with Crippen LogP contribution in [0.5, 0.6) is 0 Å². The van der Waals surface area contributed by atoms with Crippen LogP contribution in [0.1, 0.15) is 51.0 Å². The Bertz CT molecular complexity index is 411. The quantitative estimate of drug-likeness (QED) is 0.892. The van der Waals surface area contributed by atoms with E-state index < -0.39 is 0 Å². The molecule has 0 saturated carbocycles. The van der Waals surface area contributed by atoms with Gasteiger partial charge in [-0.1, -0.05) is 43.9 Å². The number of nitrogens with zero attached hydrogens (tertiary/aromatic N) is 1. The maximum Gasteiger partial charge on any atom is 0.0459 e. The topological polar surface area (TPSA) is 29.3 Å². The molecular weight excluding hydrogens is 268 g/mol. The summed E-state index contributed by atoms with van der Waals surface area (Å²) in [5.74, 6) is 0. The summed E-state index contributed by atoms with van der Waals surface area (Å²) >= 11 is 6.44. The molecule has 0 amide bonds. The van der Waals surface area contributed by atoms with Crippen LogP contribution >= 0.6 is 11.6 Å². The van der Waals surface area contributed by atoms with E-state index in [-0.39, 0.29) is 6.04 Å². The molecule has 1 heterocycles. The summed E-state index contributed by atoms with van der Waals surface area (Å²) in [7, 11) is 0. The molecule has 1 aromatic carbocycles. The van der Waals surface area contributed by atoms with E-state index in [4.69, 9.17) is 17.3 Å². The maximum absolute atomic E-state index is 6.44. The van der Waals surface area contributed by atoms with E-state index >= 15 is 0 Å². The Morgan fingerprint density at radius 3 is 2.45 bits per heavy atom. The average Bonchev–Trinajstić information content (AvgIpc) is 2.41. The highest BCUT2D eigenvalue weighted by Gasteiger charge is 2.16. The fourth-order valence-corrected chi connectivity index (χ4v) is 3.19. The van der Waals surface area contributed by atoms with Crippen LogP contribution < -0.4 is 10.6 Å². The van der Waals surface area contributed by atoms with Crippen molar-refractivity contribution < 1.29 is 0 Å². The van der Waals surface area contributed by atoms with Gasteiger partial charge in [0.1, 0.15) is 0 Å². The van der Waals surface area contributed by atoms with E-state index in [2.05, 4.69) is 24.0 Å². The summed E-state index contributed by atoms with van der Waals surface area (Å²) in [4.78, 5) is 2.52. The van der Waals surface area contributed by atoms with Crippen molar-refractivity contribution in [1.29, 1.82) is 0 Å². The molecule has 0 bridgehead atoms. The lowest BCUT2D eigenvalue weighted by molar-refractivity contribution is 0.554. The SMILES string of the molecule is CCC(N)Cc1c(Cl)cccc1N1CCCCCCC1. The van der Waals surface area contributed by atoms with E-state index in [1.807, 2.05) is 6.07 Å². The Hall–Kier alpha value is -0.730. The molecule has 1 aromatic rings. The Morgan fingerprint density at radius 2 is 1.80 bits per heavy atom. The minimum Gasteiger partial charge on any atom is -0.371 e. The predicted molar refractivity (Wildman–Crippen MR) is 88.7 cm³/mol. The highest BCUT2D eigenvalue weighted by Crippen LogP contribution is 2.30. The van der Waals surface area contributed by atoms with E-state index in [0.29, 0.717) is 0 Å². The van der Waals surface area contributed by atoms with Gasteiger partial charge in [0.05, 0.1) is 0 Å². The zero-order valence-corrected chi connectivity index (χ0v) is 13.3. The van der Waals surface area contributed by atoms with Crippen LogP contribution in [0, 0.1) is 0 Å². The number of hydrogen-bond donors (Lipinski definition) is 1. The van der Waals surface area contributed by atoms with E-state index in [1.165, 1.54) is 43.4 Å². The molecule has 3 heteroatoms. The largest absolute Gasteiger partial charge is 0.371 e. The third kappa shape index (κ3) is 4.13. The van der Waals surface area contributed by atoms with Gasteiger partial charge >= 0.3 is 0 Å². The predicted octanol–water partition coefficient (Wildman–Crippen LogP) is 4.39. The molecule has 1 aliphatic heterocycles. The van der Waals surface area contributed by atoms with Crippen molar-refractivity contribution in [2.24, 2.45) is 5.73 Å².